The first-order chi connectivity index (χ1) is 14.1. The molecule has 0 radical (unpaired) electrons. The van der Waals surface area contributed by atoms with Crippen LogP contribution in [0, 0.1) is 13.8 Å². The van der Waals surface area contributed by atoms with Crippen LogP contribution in [0.2, 0.25) is 0 Å². The zero-order valence-corrected chi connectivity index (χ0v) is 17.0. The highest BCUT2D eigenvalue weighted by atomic mass is 16.3. The Kier molecular flexibility index (Phi) is 5.32. The fourth-order valence-corrected chi connectivity index (χ4v) is 3.55. The molecule has 2 aromatic heterocycles. The number of hydrogen-bond donors (Lipinski definition) is 1. The summed E-state index contributed by atoms with van der Waals surface area (Å²) in [5.41, 5.74) is 3.84. The van der Waals surface area contributed by atoms with Gasteiger partial charge >= 0.3 is 0 Å². The van der Waals surface area contributed by atoms with Gasteiger partial charge in [0.15, 0.2) is 0 Å². The number of furan rings is 1. The molecule has 0 unspecified atom stereocenters. The van der Waals surface area contributed by atoms with Crippen molar-refractivity contribution in [2.24, 2.45) is 0 Å². The van der Waals surface area contributed by atoms with E-state index in [9.17, 15) is 4.79 Å². The molecule has 5 nitrogen and oxygen atoms in total. The third-order valence-electron chi connectivity index (χ3n) is 5.37. The molecule has 0 aliphatic heterocycles. The van der Waals surface area contributed by atoms with Crippen LogP contribution in [0.15, 0.2) is 70.1 Å². The fraction of sp³-hybridized carbons (Fsp3) is 0.250. The molecule has 0 aliphatic rings. The first-order valence-electron chi connectivity index (χ1n) is 9.93. The zero-order valence-electron chi connectivity index (χ0n) is 17.0. The van der Waals surface area contributed by atoms with Gasteiger partial charge in [0.2, 0.25) is 0 Å². The second-order valence-corrected chi connectivity index (χ2v) is 7.32. The Morgan fingerprint density at radius 1 is 1.07 bits per heavy atom. The summed E-state index contributed by atoms with van der Waals surface area (Å²) in [6.07, 6.45) is 2.45. The molecule has 4 rings (SSSR count). The number of aryl methyl sites for hydroxylation is 2. The summed E-state index contributed by atoms with van der Waals surface area (Å²) >= 11 is 0. The quantitative estimate of drug-likeness (QED) is 0.514. The average molecular weight is 387 g/mol. The number of nitrogens with one attached hydrogen (secondary N) is 1. The lowest BCUT2D eigenvalue weighted by molar-refractivity contribution is 0.428. The summed E-state index contributed by atoms with van der Waals surface area (Å²) in [5.74, 6) is 1.57. The van der Waals surface area contributed by atoms with Gasteiger partial charge in [-0.15, -0.1) is 0 Å². The molecule has 0 fully saturated rings. The highest BCUT2D eigenvalue weighted by molar-refractivity contribution is 5.77. The van der Waals surface area contributed by atoms with Crippen LogP contribution >= 0.6 is 0 Å². The number of fused-ring (bicyclic) bond motifs is 1. The van der Waals surface area contributed by atoms with Crippen LogP contribution in [0.1, 0.15) is 42.1 Å². The van der Waals surface area contributed by atoms with Crippen molar-refractivity contribution in [1.82, 2.24) is 14.9 Å². The van der Waals surface area contributed by atoms with Gasteiger partial charge < -0.3 is 9.73 Å². The minimum Gasteiger partial charge on any atom is -0.468 e. The second kappa shape index (κ2) is 8.05. The highest BCUT2D eigenvalue weighted by Gasteiger charge is 2.20. The Hall–Kier alpha value is -3.18. The molecule has 0 saturated carbocycles. The number of para-hydroxylation sites is 1. The topological polar surface area (TPSA) is 60.1 Å². The van der Waals surface area contributed by atoms with Crippen molar-refractivity contribution in [3.8, 4) is 5.69 Å². The van der Waals surface area contributed by atoms with E-state index in [1.54, 1.807) is 10.8 Å². The summed E-state index contributed by atoms with van der Waals surface area (Å²) in [6.45, 7) is 6.79. The third kappa shape index (κ3) is 3.74. The average Bonchev–Trinajstić information content (AvgIpc) is 3.25. The molecular weight excluding hydrogens is 362 g/mol. The number of hydrogen-bond acceptors (Lipinski definition) is 4. The van der Waals surface area contributed by atoms with Gasteiger partial charge in [-0.3, -0.25) is 9.36 Å². The Morgan fingerprint density at radius 2 is 1.90 bits per heavy atom. The van der Waals surface area contributed by atoms with Gasteiger partial charge in [0.05, 0.1) is 35.4 Å². The number of rotatable bonds is 6. The smallest absolute Gasteiger partial charge is 0.266 e. The van der Waals surface area contributed by atoms with E-state index in [1.807, 2.05) is 48.5 Å². The summed E-state index contributed by atoms with van der Waals surface area (Å²) in [6, 6.07) is 17.3. The van der Waals surface area contributed by atoms with Gasteiger partial charge in [-0.05, 0) is 67.8 Å². The largest absolute Gasteiger partial charge is 0.468 e. The van der Waals surface area contributed by atoms with Gasteiger partial charge in [0, 0.05) is 0 Å². The molecule has 29 heavy (non-hydrogen) atoms. The molecule has 0 amide bonds. The molecule has 2 heterocycles. The first kappa shape index (κ1) is 19.2. The number of nitrogens with zero attached hydrogens (tertiary/aromatic N) is 2. The molecule has 2 aromatic carbocycles. The molecule has 1 N–H and O–H groups in total. The van der Waals surface area contributed by atoms with E-state index in [2.05, 4.69) is 32.2 Å². The van der Waals surface area contributed by atoms with Crippen molar-refractivity contribution in [3.63, 3.8) is 0 Å². The van der Waals surface area contributed by atoms with Crippen LogP contribution < -0.4 is 10.9 Å². The van der Waals surface area contributed by atoms with Crippen molar-refractivity contribution in [3.05, 3.63) is 93.9 Å². The van der Waals surface area contributed by atoms with Crippen LogP contribution in [-0.4, -0.2) is 9.55 Å². The Balaban J connectivity index is 1.88. The molecule has 5 heteroatoms. The maximum absolute atomic E-state index is 13.5. The lowest BCUT2D eigenvalue weighted by atomic mass is 10.1. The van der Waals surface area contributed by atoms with E-state index in [4.69, 9.17) is 9.40 Å². The summed E-state index contributed by atoms with van der Waals surface area (Å²) < 4.78 is 7.20. The molecule has 0 saturated heterocycles. The van der Waals surface area contributed by atoms with E-state index in [1.165, 1.54) is 5.56 Å². The Morgan fingerprint density at radius 3 is 2.62 bits per heavy atom. The van der Waals surface area contributed by atoms with Crippen molar-refractivity contribution >= 4 is 10.9 Å². The van der Waals surface area contributed by atoms with Crippen molar-refractivity contribution < 1.29 is 4.42 Å². The molecular formula is C24H25N3O2. The van der Waals surface area contributed by atoms with Crippen LogP contribution in [-0.2, 0) is 6.54 Å². The lowest BCUT2D eigenvalue weighted by Gasteiger charge is -2.22. The van der Waals surface area contributed by atoms with Crippen LogP contribution in [0.4, 0.5) is 0 Å². The normalized spacial score (nSPS) is 12.4. The monoisotopic (exact) mass is 387 g/mol. The van der Waals surface area contributed by atoms with Gasteiger partial charge in [-0.2, -0.15) is 0 Å². The van der Waals surface area contributed by atoms with Crippen molar-refractivity contribution in [2.45, 2.75) is 39.8 Å². The third-order valence-corrected chi connectivity index (χ3v) is 5.37. The Bertz CT molecular complexity index is 1190. The molecule has 0 spiro atoms. The van der Waals surface area contributed by atoms with Gasteiger partial charge in [0.25, 0.3) is 5.56 Å². The van der Waals surface area contributed by atoms with E-state index in [0.29, 0.717) is 23.3 Å². The van der Waals surface area contributed by atoms with Crippen LogP contribution in [0.5, 0.6) is 0 Å². The van der Waals surface area contributed by atoms with E-state index >= 15 is 0 Å². The maximum Gasteiger partial charge on any atom is 0.266 e. The summed E-state index contributed by atoms with van der Waals surface area (Å²) in [5, 5.41) is 4.12. The molecule has 0 aliphatic carbocycles. The van der Waals surface area contributed by atoms with E-state index < -0.39 is 0 Å². The molecule has 4 aromatic rings. The minimum absolute atomic E-state index is 0.0490. The van der Waals surface area contributed by atoms with Crippen LogP contribution in [0.3, 0.4) is 0 Å². The lowest BCUT2D eigenvalue weighted by Crippen LogP contribution is -2.31. The number of aromatic nitrogens is 2. The van der Waals surface area contributed by atoms with Crippen molar-refractivity contribution in [2.75, 3.05) is 0 Å². The minimum atomic E-state index is -0.0981. The highest BCUT2D eigenvalue weighted by Crippen LogP contribution is 2.22. The zero-order chi connectivity index (χ0) is 20.4. The molecule has 1 atom stereocenters. The van der Waals surface area contributed by atoms with Gasteiger partial charge in [-0.25, -0.2) is 4.98 Å². The molecule has 148 valence electrons. The van der Waals surface area contributed by atoms with Crippen molar-refractivity contribution in [1.29, 1.82) is 0 Å². The summed E-state index contributed by atoms with van der Waals surface area (Å²) in [7, 11) is 0. The van der Waals surface area contributed by atoms with E-state index in [0.717, 1.165) is 23.4 Å². The maximum atomic E-state index is 13.5. The second-order valence-electron chi connectivity index (χ2n) is 7.32. The van der Waals surface area contributed by atoms with Gasteiger partial charge in [-0.1, -0.05) is 25.1 Å². The standard InChI is InChI=1S/C24H25N3O2/c1-4-21(25-15-19-8-7-13-29-19)23-26-22-10-6-5-9-20(22)24(28)27(23)18-12-11-16(2)17(3)14-18/h5-14,21,25H,4,15H2,1-3H3/t21-/m0/s1. The first-order valence-corrected chi connectivity index (χ1v) is 9.93. The SMILES string of the molecule is CC[C@H](NCc1ccco1)c1nc2ccccc2c(=O)n1-c1ccc(C)c(C)c1. The summed E-state index contributed by atoms with van der Waals surface area (Å²) in [4.78, 5) is 18.4. The van der Waals surface area contributed by atoms with Gasteiger partial charge in [0.1, 0.15) is 11.6 Å². The van der Waals surface area contributed by atoms with E-state index in [-0.39, 0.29) is 11.6 Å². The fourth-order valence-electron chi connectivity index (χ4n) is 3.55. The predicted octanol–water partition coefficient (Wildman–Crippen LogP) is 4.84. The van der Waals surface area contributed by atoms with Crippen LogP contribution in [0.25, 0.3) is 16.6 Å². The predicted molar refractivity (Wildman–Crippen MR) is 115 cm³/mol. The number of benzene rings is 2. The Labute approximate surface area is 170 Å². The molecule has 0 bridgehead atoms.